The van der Waals surface area contributed by atoms with E-state index in [2.05, 4.69) is 16.0 Å². The topological polar surface area (TPSA) is 188 Å². The van der Waals surface area contributed by atoms with Crippen LogP contribution in [0.25, 0.3) is 0 Å². The summed E-state index contributed by atoms with van der Waals surface area (Å²) >= 11 is 0. The molecule has 168 valence electrons. The van der Waals surface area contributed by atoms with Crippen LogP contribution >= 0.6 is 0 Å². The van der Waals surface area contributed by atoms with Gasteiger partial charge in [-0.2, -0.15) is 0 Å². The van der Waals surface area contributed by atoms with Crippen LogP contribution in [0.4, 0.5) is 4.79 Å². The number of urea groups is 1. The molecule has 1 saturated heterocycles. The number of carboxylic acid groups (broad SMARTS) is 1. The van der Waals surface area contributed by atoms with Gasteiger partial charge in [-0.05, 0) is 25.2 Å². The average Bonchev–Trinajstić information content (AvgIpc) is 3.11. The van der Waals surface area contributed by atoms with Gasteiger partial charge in [0.05, 0.1) is 6.04 Å². The molecule has 1 aliphatic rings. The van der Waals surface area contributed by atoms with Gasteiger partial charge in [0.2, 0.25) is 17.6 Å². The van der Waals surface area contributed by atoms with Gasteiger partial charge in [-0.15, -0.1) is 0 Å². The van der Waals surface area contributed by atoms with Gasteiger partial charge in [-0.1, -0.05) is 20.8 Å². The third-order valence-corrected chi connectivity index (χ3v) is 4.62. The number of rotatable bonds is 8. The smallest absolute Gasteiger partial charge is 0.323 e. The number of hydrogen-bond acceptors (Lipinski definition) is 6. The van der Waals surface area contributed by atoms with Crippen molar-refractivity contribution in [3.8, 4) is 0 Å². The van der Waals surface area contributed by atoms with E-state index in [4.69, 9.17) is 10.8 Å². The molecule has 1 heterocycles. The van der Waals surface area contributed by atoms with Gasteiger partial charge in [0.1, 0.15) is 18.6 Å². The zero-order valence-electron chi connectivity index (χ0n) is 17.5. The highest BCUT2D eigenvalue weighted by Gasteiger charge is 2.42. The van der Waals surface area contributed by atoms with Crippen molar-refractivity contribution in [3.63, 3.8) is 0 Å². The standard InChI is InChI=1S/C18H29N5O7/c1-9(12(26)14(19)27)21-15(28)10-6-5-7-23(10)16(29)13(18(2,3)4)22-17(30)20-8-11(24)25/h9-10,13H,5-8H2,1-4H3,(H2,19,27)(H,21,28)(H,24,25)(H2,20,22,30). The molecule has 5 amide bonds. The molecule has 1 aliphatic heterocycles. The van der Waals surface area contributed by atoms with E-state index < -0.39 is 65.6 Å². The van der Waals surface area contributed by atoms with Crippen LogP contribution in [0, 0.1) is 5.41 Å². The van der Waals surface area contributed by atoms with Crippen LogP contribution < -0.4 is 21.7 Å². The first-order valence-corrected chi connectivity index (χ1v) is 9.46. The van der Waals surface area contributed by atoms with Crippen LogP contribution in [0.2, 0.25) is 0 Å². The van der Waals surface area contributed by atoms with Gasteiger partial charge in [0.25, 0.3) is 5.91 Å². The molecule has 30 heavy (non-hydrogen) atoms. The first kappa shape index (κ1) is 24.9. The minimum atomic E-state index is -1.24. The number of carbonyl (C=O) groups excluding carboxylic acids is 5. The summed E-state index contributed by atoms with van der Waals surface area (Å²) in [4.78, 5) is 72.3. The van der Waals surface area contributed by atoms with Crippen molar-refractivity contribution < 1.29 is 33.9 Å². The Labute approximate surface area is 173 Å². The van der Waals surface area contributed by atoms with Crippen molar-refractivity contribution in [3.05, 3.63) is 0 Å². The Kier molecular flexibility index (Phi) is 8.31. The fourth-order valence-electron chi connectivity index (χ4n) is 3.04. The number of aliphatic carboxylic acids is 1. The number of nitrogens with zero attached hydrogens (tertiary/aromatic N) is 1. The summed E-state index contributed by atoms with van der Waals surface area (Å²) in [6.45, 7) is 6.11. The summed E-state index contributed by atoms with van der Waals surface area (Å²) in [6, 6.07) is -3.88. The summed E-state index contributed by atoms with van der Waals surface area (Å²) in [5.41, 5.74) is 4.19. The molecule has 0 saturated carbocycles. The van der Waals surface area contributed by atoms with E-state index >= 15 is 0 Å². The van der Waals surface area contributed by atoms with E-state index in [1.807, 2.05) is 0 Å². The second-order valence-electron chi connectivity index (χ2n) is 8.17. The van der Waals surface area contributed by atoms with Gasteiger partial charge < -0.3 is 31.7 Å². The molecule has 6 N–H and O–H groups in total. The molecule has 0 aromatic heterocycles. The third-order valence-electron chi connectivity index (χ3n) is 4.62. The number of nitrogens with one attached hydrogen (secondary N) is 3. The van der Waals surface area contributed by atoms with Crippen LogP contribution in [-0.4, -0.2) is 76.7 Å². The highest BCUT2D eigenvalue weighted by atomic mass is 16.4. The number of Topliss-reactive ketones (excluding diaryl/α,β-unsaturated/α-hetero) is 1. The molecule has 0 aliphatic carbocycles. The van der Waals surface area contributed by atoms with Crippen molar-refractivity contribution >= 4 is 35.5 Å². The van der Waals surface area contributed by atoms with Gasteiger partial charge in [0, 0.05) is 6.54 Å². The minimum absolute atomic E-state index is 0.264. The minimum Gasteiger partial charge on any atom is -0.480 e. The monoisotopic (exact) mass is 427 g/mol. The van der Waals surface area contributed by atoms with E-state index in [-0.39, 0.29) is 6.54 Å². The maximum absolute atomic E-state index is 13.2. The molecule has 3 atom stereocenters. The summed E-state index contributed by atoms with van der Waals surface area (Å²) in [7, 11) is 0. The van der Waals surface area contributed by atoms with E-state index in [1.165, 1.54) is 11.8 Å². The molecule has 1 rings (SSSR count). The fourth-order valence-corrected chi connectivity index (χ4v) is 3.04. The van der Waals surface area contributed by atoms with E-state index in [0.717, 1.165) is 0 Å². The summed E-state index contributed by atoms with van der Waals surface area (Å²) in [6.07, 6.45) is 0.876. The quantitative estimate of drug-likeness (QED) is 0.286. The molecule has 12 nitrogen and oxygen atoms in total. The van der Waals surface area contributed by atoms with Crippen molar-refractivity contribution in [2.45, 2.75) is 58.7 Å². The molecule has 0 aromatic rings. The molecule has 3 unspecified atom stereocenters. The Morgan fingerprint density at radius 3 is 2.23 bits per heavy atom. The Bertz CT molecular complexity index is 731. The fraction of sp³-hybridized carbons (Fsp3) is 0.667. The SMILES string of the molecule is CC(NC(=O)C1CCCN1C(=O)C(NC(=O)NCC(=O)O)C(C)(C)C)C(=O)C(N)=O. The van der Waals surface area contributed by atoms with Crippen LogP contribution in [0.5, 0.6) is 0 Å². The second-order valence-corrected chi connectivity index (χ2v) is 8.17. The van der Waals surface area contributed by atoms with E-state index in [0.29, 0.717) is 12.8 Å². The van der Waals surface area contributed by atoms with Crippen LogP contribution in [0.3, 0.4) is 0 Å². The maximum atomic E-state index is 13.2. The zero-order chi connectivity index (χ0) is 23.2. The van der Waals surface area contributed by atoms with Gasteiger partial charge in [0.15, 0.2) is 0 Å². The lowest BCUT2D eigenvalue weighted by atomic mass is 9.85. The number of nitrogens with two attached hydrogens (primary N) is 1. The molecule has 0 aromatic carbocycles. The number of carboxylic acids is 1. The van der Waals surface area contributed by atoms with Gasteiger partial charge >= 0.3 is 12.0 Å². The molecule has 1 fully saturated rings. The number of ketones is 1. The van der Waals surface area contributed by atoms with Gasteiger partial charge in [-0.25, -0.2) is 4.79 Å². The lowest BCUT2D eigenvalue weighted by Crippen LogP contribution is -2.60. The van der Waals surface area contributed by atoms with Crippen molar-refractivity contribution in [1.29, 1.82) is 0 Å². The lowest BCUT2D eigenvalue weighted by Gasteiger charge is -2.35. The maximum Gasteiger partial charge on any atom is 0.323 e. The third kappa shape index (κ3) is 6.71. The largest absolute Gasteiger partial charge is 0.480 e. The lowest BCUT2D eigenvalue weighted by molar-refractivity contribution is -0.143. The second kappa shape index (κ2) is 10.0. The Balaban J connectivity index is 2.93. The molecular weight excluding hydrogens is 398 g/mol. The van der Waals surface area contributed by atoms with Crippen molar-refractivity contribution in [1.82, 2.24) is 20.9 Å². The van der Waals surface area contributed by atoms with Crippen LogP contribution in [-0.2, 0) is 24.0 Å². The molecule has 12 heteroatoms. The predicted molar refractivity (Wildman–Crippen MR) is 104 cm³/mol. The van der Waals surface area contributed by atoms with Crippen molar-refractivity contribution in [2.75, 3.05) is 13.1 Å². The Morgan fingerprint density at radius 1 is 1.13 bits per heavy atom. The van der Waals surface area contributed by atoms with Gasteiger partial charge in [-0.3, -0.25) is 24.0 Å². The normalized spacial score (nSPS) is 18.1. The first-order chi connectivity index (χ1) is 13.8. The summed E-state index contributed by atoms with van der Waals surface area (Å²) in [5.74, 6) is -4.49. The number of hydrogen-bond donors (Lipinski definition) is 5. The highest BCUT2D eigenvalue weighted by molar-refractivity contribution is 6.37. The Morgan fingerprint density at radius 2 is 1.73 bits per heavy atom. The summed E-state index contributed by atoms with van der Waals surface area (Å²) in [5, 5.41) is 15.7. The average molecular weight is 427 g/mol. The first-order valence-electron chi connectivity index (χ1n) is 9.46. The molecule has 0 radical (unpaired) electrons. The molecular formula is C18H29N5O7. The Hall–Kier alpha value is -3.18. The van der Waals surface area contributed by atoms with E-state index in [1.54, 1.807) is 20.8 Å². The number of amides is 5. The number of primary amides is 1. The molecule has 0 bridgehead atoms. The van der Waals surface area contributed by atoms with Crippen LogP contribution in [0.15, 0.2) is 0 Å². The summed E-state index contributed by atoms with van der Waals surface area (Å²) < 4.78 is 0. The van der Waals surface area contributed by atoms with Crippen LogP contribution in [0.1, 0.15) is 40.5 Å². The van der Waals surface area contributed by atoms with Crippen molar-refractivity contribution in [2.24, 2.45) is 11.1 Å². The predicted octanol–water partition coefficient (Wildman–Crippen LogP) is -1.66. The van der Waals surface area contributed by atoms with E-state index in [9.17, 15) is 28.8 Å². The zero-order valence-corrected chi connectivity index (χ0v) is 17.5. The number of carbonyl (C=O) groups is 6. The highest BCUT2D eigenvalue weighted by Crippen LogP contribution is 2.26. The number of likely N-dealkylation sites (tertiary alicyclic amines) is 1. The molecule has 0 spiro atoms.